The molecule has 9 heteroatoms. The lowest BCUT2D eigenvalue weighted by molar-refractivity contribution is -0.122. The summed E-state index contributed by atoms with van der Waals surface area (Å²) in [7, 11) is 2.19. The predicted octanol–water partition coefficient (Wildman–Crippen LogP) is 2.65. The Labute approximate surface area is 211 Å². The summed E-state index contributed by atoms with van der Waals surface area (Å²) in [6.07, 6.45) is 9.11. The van der Waals surface area contributed by atoms with Crippen molar-refractivity contribution in [1.82, 2.24) is 9.88 Å². The number of piperazine rings is 1. The van der Waals surface area contributed by atoms with E-state index in [2.05, 4.69) is 56.8 Å². The van der Waals surface area contributed by atoms with Gasteiger partial charge in [-0.05, 0) is 56.3 Å². The monoisotopic (exact) mass is 484 g/mol. The number of fused-ring (bicyclic) bond motifs is 4. The van der Waals surface area contributed by atoms with Gasteiger partial charge < -0.3 is 31.9 Å². The maximum Gasteiger partial charge on any atom is 0.223 e. The van der Waals surface area contributed by atoms with Gasteiger partial charge in [0.05, 0.1) is 28.5 Å². The normalized spacial score (nSPS) is 30.4. The molecule has 2 aliphatic heterocycles. The van der Waals surface area contributed by atoms with Crippen LogP contribution < -0.4 is 27.0 Å². The molecule has 1 aromatic carbocycles. The fraction of sp³-hybridized carbons (Fsp3) is 0.444. The number of likely N-dealkylation sites (tertiary alicyclic amines) is 1. The van der Waals surface area contributed by atoms with Crippen molar-refractivity contribution in [2.75, 3.05) is 41.4 Å². The molecule has 2 saturated heterocycles. The summed E-state index contributed by atoms with van der Waals surface area (Å²) in [4.78, 5) is 21.5. The Hall–Kier alpha value is -3.77. The minimum atomic E-state index is -0.308. The van der Waals surface area contributed by atoms with Gasteiger partial charge in [0, 0.05) is 49.2 Å². The number of nitrogens with two attached hydrogens (primary N) is 2. The molecule has 1 amide bonds. The van der Waals surface area contributed by atoms with Gasteiger partial charge in [-0.15, -0.1) is 0 Å². The average molecular weight is 485 g/mol. The van der Waals surface area contributed by atoms with Gasteiger partial charge in [0.25, 0.3) is 0 Å². The van der Waals surface area contributed by atoms with Crippen molar-refractivity contribution in [3.63, 3.8) is 0 Å². The fourth-order valence-electron chi connectivity index (χ4n) is 6.82. The summed E-state index contributed by atoms with van der Waals surface area (Å²) < 4.78 is 0. The summed E-state index contributed by atoms with van der Waals surface area (Å²) in [5, 5.41) is 16.4. The van der Waals surface area contributed by atoms with E-state index in [4.69, 9.17) is 11.5 Å². The number of allylic oxidation sites excluding steroid dienone is 1. The first-order chi connectivity index (χ1) is 17.4. The Bertz CT molecular complexity index is 1250. The van der Waals surface area contributed by atoms with Gasteiger partial charge >= 0.3 is 0 Å². The smallest absolute Gasteiger partial charge is 0.223 e. The molecule has 9 nitrogen and oxygen atoms in total. The molecule has 4 bridgehead atoms. The second kappa shape index (κ2) is 8.71. The molecule has 3 heterocycles. The van der Waals surface area contributed by atoms with E-state index in [-0.39, 0.29) is 29.7 Å². The zero-order chi connectivity index (χ0) is 25.0. The highest BCUT2D eigenvalue weighted by molar-refractivity contribution is 5.81. The number of nitrogen functional groups attached to an aromatic ring is 1. The largest absolute Gasteiger partial charge is 0.397 e. The molecule has 0 radical (unpaired) electrons. The van der Waals surface area contributed by atoms with Crippen LogP contribution in [0, 0.1) is 29.1 Å². The van der Waals surface area contributed by atoms with Crippen molar-refractivity contribution in [1.29, 1.82) is 5.26 Å². The first-order valence-corrected chi connectivity index (χ1v) is 12.7. The maximum absolute atomic E-state index is 12.1. The lowest BCUT2D eigenvalue weighted by atomic mass is 9.88. The number of amides is 1. The van der Waals surface area contributed by atoms with E-state index in [0.717, 1.165) is 30.9 Å². The third-order valence-electron chi connectivity index (χ3n) is 8.40. The molecule has 1 saturated carbocycles. The van der Waals surface area contributed by atoms with Crippen molar-refractivity contribution in [3.05, 3.63) is 48.2 Å². The van der Waals surface area contributed by atoms with Crippen LogP contribution in [-0.2, 0) is 4.79 Å². The number of hydrogen-bond acceptors (Lipinski definition) is 8. The number of rotatable bonds is 6. The molecule has 2 aliphatic carbocycles. The SMILES string of the molecule is CN1C[C@H]2CC[C@@H](C1)N2c1ccc(Nc2cc(N[C@H]3[C@@H](C(N)=O)[C@@H]4C=C[C@H]3C4)c(C#N)cn2)c(N)c1. The molecule has 1 aromatic heterocycles. The van der Waals surface area contributed by atoms with Gasteiger partial charge in [0.2, 0.25) is 5.91 Å². The topological polar surface area (TPSA) is 136 Å². The molecule has 6 rings (SSSR count). The van der Waals surface area contributed by atoms with E-state index >= 15 is 0 Å². The molecule has 36 heavy (non-hydrogen) atoms. The summed E-state index contributed by atoms with van der Waals surface area (Å²) in [5.41, 5.74) is 15.8. The molecule has 0 spiro atoms. The molecule has 0 unspecified atom stereocenters. The quantitative estimate of drug-likeness (QED) is 0.363. The zero-order valence-electron chi connectivity index (χ0n) is 20.4. The highest BCUT2D eigenvalue weighted by Crippen LogP contribution is 2.45. The van der Waals surface area contributed by atoms with Crippen molar-refractivity contribution in [3.8, 4) is 6.07 Å². The molecular weight excluding hydrogens is 452 g/mol. The highest BCUT2D eigenvalue weighted by atomic mass is 16.1. The van der Waals surface area contributed by atoms with Gasteiger partial charge in [0.15, 0.2) is 0 Å². The number of benzene rings is 1. The minimum Gasteiger partial charge on any atom is -0.397 e. The van der Waals surface area contributed by atoms with Gasteiger partial charge in [-0.25, -0.2) is 4.98 Å². The van der Waals surface area contributed by atoms with E-state index in [1.165, 1.54) is 12.8 Å². The number of carbonyl (C=O) groups excluding carboxylic acids is 1. The molecule has 6 atom stereocenters. The lowest BCUT2D eigenvalue weighted by Gasteiger charge is -2.41. The van der Waals surface area contributed by atoms with Crippen LogP contribution in [0.5, 0.6) is 0 Å². The van der Waals surface area contributed by atoms with Crippen molar-refractivity contribution >= 4 is 34.5 Å². The Morgan fingerprint density at radius 1 is 1.14 bits per heavy atom. The van der Waals surface area contributed by atoms with Gasteiger partial charge in [-0.2, -0.15) is 5.26 Å². The Morgan fingerprint density at radius 3 is 2.58 bits per heavy atom. The number of likely N-dealkylation sites (N-methyl/N-ethyl adjacent to an activating group) is 1. The van der Waals surface area contributed by atoms with E-state index < -0.39 is 0 Å². The van der Waals surface area contributed by atoms with Crippen molar-refractivity contribution < 1.29 is 4.79 Å². The Balaban J connectivity index is 1.22. The number of pyridine rings is 1. The molecule has 186 valence electrons. The molecular formula is C27H32N8O. The Kier molecular flexibility index (Phi) is 5.49. The third-order valence-corrected chi connectivity index (χ3v) is 8.40. The number of carbonyl (C=O) groups is 1. The van der Waals surface area contributed by atoms with Crippen LogP contribution in [0.15, 0.2) is 42.6 Å². The summed E-state index contributed by atoms with van der Waals surface area (Å²) in [6, 6.07) is 11.1. The van der Waals surface area contributed by atoms with Crippen LogP contribution in [0.4, 0.5) is 28.6 Å². The van der Waals surface area contributed by atoms with Crippen LogP contribution in [0.1, 0.15) is 24.8 Å². The average Bonchev–Trinajstić information content (AvgIpc) is 3.53. The standard InChI is InChI=1S/C27H32N8O/c1-34-13-19-4-5-20(14-34)35(19)18-6-7-22(21(29)9-18)32-24-10-23(17(11-28)12-31-24)33-26-16-3-2-15(8-16)25(26)27(30)36/h2-3,6-7,9-10,12,15-16,19-20,25-26H,4-5,8,13-14,29H2,1H3,(H2,30,36)(H2,31,32,33)/t15-,16+,19-,20+,25+,26-/m1/s1. The number of primary amides is 1. The van der Waals surface area contributed by atoms with Crippen LogP contribution in [0.25, 0.3) is 0 Å². The van der Waals surface area contributed by atoms with Crippen LogP contribution >= 0.6 is 0 Å². The lowest BCUT2D eigenvalue weighted by Crippen LogP contribution is -2.52. The zero-order valence-corrected chi connectivity index (χ0v) is 20.4. The van der Waals surface area contributed by atoms with E-state index in [9.17, 15) is 10.1 Å². The van der Waals surface area contributed by atoms with Gasteiger partial charge in [0.1, 0.15) is 11.9 Å². The van der Waals surface area contributed by atoms with Crippen molar-refractivity contribution in [2.45, 2.75) is 37.4 Å². The first kappa shape index (κ1) is 22.7. The van der Waals surface area contributed by atoms with Crippen LogP contribution in [0.3, 0.4) is 0 Å². The summed E-state index contributed by atoms with van der Waals surface area (Å²) in [5.74, 6) is 0.353. The molecule has 2 aromatic rings. The minimum absolute atomic E-state index is 0.136. The predicted molar refractivity (Wildman–Crippen MR) is 141 cm³/mol. The van der Waals surface area contributed by atoms with E-state index in [1.807, 2.05) is 12.1 Å². The number of nitriles is 1. The Morgan fingerprint density at radius 2 is 1.89 bits per heavy atom. The third kappa shape index (κ3) is 3.82. The van der Waals surface area contributed by atoms with Crippen molar-refractivity contribution in [2.24, 2.45) is 23.5 Å². The second-order valence-electron chi connectivity index (χ2n) is 10.7. The van der Waals surface area contributed by atoms with Gasteiger partial charge in [-0.1, -0.05) is 12.2 Å². The summed E-state index contributed by atoms with van der Waals surface area (Å²) in [6.45, 7) is 2.16. The maximum atomic E-state index is 12.1. The number of hydrogen-bond donors (Lipinski definition) is 4. The first-order valence-electron chi connectivity index (χ1n) is 12.7. The highest BCUT2D eigenvalue weighted by Gasteiger charge is 2.47. The van der Waals surface area contributed by atoms with Crippen LogP contribution in [0.2, 0.25) is 0 Å². The van der Waals surface area contributed by atoms with Gasteiger partial charge in [-0.3, -0.25) is 4.79 Å². The molecule has 4 aliphatic rings. The second-order valence-corrected chi connectivity index (χ2v) is 10.7. The number of nitrogens with one attached hydrogen (secondary N) is 2. The van der Waals surface area contributed by atoms with E-state index in [1.54, 1.807) is 12.3 Å². The molecule has 6 N–H and O–H groups in total. The number of aromatic nitrogens is 1. The molecule has 3 fully saturated rings. The van der Waals surface area contributed by atoms with E-state index in [0.29, 0.717) is 34.8 Å². The number of nitrogens with zero attached hydrogens (tertiary/aromatic N) is 4. The fourth-order valence-corrected chi connectivity index (χ4v) is 6.82. The van der Waals surface area contributed by atoms with Crippen LogP contribution in [-0.4, -0.2) is 54.1 Å². The number of anilines is 5. The summed E-state index contributed by atoms with van der Waals surface area (Å²) >= 11 is 0.